The van der Waals surface area contributed by atoms with Crippen molar-refractivity contribution in [2.45, 2.75) is 0 Å². The van der Waals surface area contributed by atoms with Gasteiger partial charge in [0.15, 0.2) is 0 Å². The molecular formula is H2Na2S2Ti2. The third-order valence-electron chi connectivity index (χ3n) is 0.0417. The topological polar surface area (TPSA) is 0 Å². The van der Waals surface area contributed by atoms with E-state index in [0.29, 0.717) is 0 Å². The summed E-state index contributed by atoms with van der Waals surface area (Å²) in [4.78, 5) is 0. The summed E-state index contributed by atoms with van der Waals surface area (Å²) in [7, 11) is 3.55. The van der Waals surface area contributed by atoms with Crippen LogP contribution in [0, 0.1) is 0 Å². The average Bonchev–Trinajstić information content (AvgIpc) is 1.37. The molecule has 0 heterocycles. The van der Waals surface area contributed by atoms with E-state index in [1.165, 1.54) is 0 Å². The van der Waals surface area contributed by atoms with Crippen LogP contribution < -0.4 is 0 Å². The minimum absolute atomic E-state index is 0. The van der Waals surface area contributed by atoms with E-state index in [9.17, 15) is 0 Å². The first kappa shape index (κ1) is 16.6. The van der Waals surface area contributed by atoms with Crippen LogP contribution >= 0.6 is 16.8 Å². The molecule has 0 spiro atoms. The third kappa shape index (κ3) is 15.7. The van der Waals surface area contributed by atoms with E-state index in [0.717, 1.165) is 0 Å². The molecule has 0 bridgehead atoms. The van der Waals surface area contributed by atoms with Gasteiger partial charge in [-0.1, -0.05) is 0 Å². The van der Waals surface area contributed by atoms with Gasteiger partial charge in [0.2, 0.25) is 0 Å². The van der Waals surface area contributed by atoms with Gasteiger partial charge in [0, 0.05) is 0 Å². The molecule has 0 atom stereocenters. The molecule has 6 heavy (non-hydrogen) atoms. The van der Waals surface area contributed by atoms with Crippen molar-refractivity contribution in [2.75, 3.05) is 0 Å². The number of hydrogen-bond acceptors (Lipinski definition) is 2. The molecule has 0 unspecified atom stereocenters. The molecule has 0 aromatic rings. The third-order valence-corrected chi connectivity index (χ3v) is 6.37. The van der Waals surface area contributed by atoms with Gasteiger partial charge in [-0.3, -0.25) is 0 Å². The molecule has 0 amide bonds. The van der Waals surface area contributed by atoms with Crippen LogP contribution in [-0.4, -0.2) is 59.1 Å². The predicted molar refractivity (Wildman–Crippen MR) is 29.5 cm³/mol. The summed E-state index contributed by atoms with van der Waals surface area (Å²) in [5.41, 5.74) is 0. The van der Waals surface area contributed by atoms with Gasteiger partial charge in [-0.05, 0) is 0 Å². The Morgan fingerprint density at radius 2 is 1.00 bits per heavy atom. The van der Waals surface area contributed by atoms with Crippen LogP contribution in [0.25, 0.3) is 0 Å². The van der Waals surface area contributed by atoms with Crippen LogP contribution in [0.4, 0.5) is 0 Å². The molecule has 6 heteroatoms. The fourth-order valence-corrected chi connectivity index (χ4v) is 0. The summed E-state index contributed by atoms with van der Waals surface area (Å²) in [6, 6.07) is 0. The Morgan fingerprint density at radius 1 is 0.833 bits per heavy atom. The van der Waals surface area contributed by atoms with Gasteiger partial charge in [0.25, 0.3) is 0 Å². The summed E-state index contributed by atoms with van der Waals surface area (Å²) in [5.74, 6) is 0. The van der Waals surface area contributed by atoms with E-state index >= 15 is 0 Å². The Kier molecular flexibility index (Phi) is 44.5. The zero-order valence-corrected chi connectivity index (χ0v) is 6.57. The van der Waals surface area contributed by atoms with Gasteiger partial charge in [0.05, 0.1) is 0 Å². The van der Waals surface area contributed by atoms with Crippen molar-refractivity contribution >= 4 is 75.9 Å². The van der Waals surface area contributed by atoms with Gasteiger partial charge in [0.1, 0.15) is 0 Å². The molecule has 0 aromatic heterocycles. The van der Waals surface area contributed by atoms with E-state index < -0.39 is 0 Å². The first-order valence-electron chi connectivity index (χ1n) is 0.575. The standard InChI is InChI=1S/2Na.S2.2Ti.2H/c;;1-2;;;;/q;;-2;2*+1;;. The second-order valence-corrected chi connectivity index (χ2v) is 6.18. The molecule has 0 radical (unpaired) electrons. The SMILES string of the molecule is [NaH].[NaH].[Ti][S][S][Ti]. The number of hydrogen-bond donors (Lipinski definition) is 0. The molecule has 0 aliphatic rings. The van der Waals surface area contributed by atoms with Crippen LogP contribution in [0.2, 0.25) is 0 Å². The van der Waals surface area contributed by atoms with Crippen molar-refractivity contribution in [3.63, 3.8) is 0 Å². The Bertz CT molecular complexity index is 11.5. The molecule has 0 nitrogen and oxygen atoms in total. The van der Waals surface area contributed by atoms with Crippen LogP contribution in [0.3, 0.4) is 0 Å². The maximum absolute atomic E-state index is 2.06. The first-order valence-corrected chi connectivity index (χ1v) is 6.55. The molecule has 0 fully saturated rings. The molecule has 0 saturated heterocycles. The van der Waals surface area contributed by atoms with Crippen molar-refractivity contribution in [2.24, 2.45) is 0 Å². The fraction of sp³-hybridized carbons (Fsp3) is 0. The van der Waals surface area contributed by atoms with Crippen LogP contribution in [0.5, 0.6) is 0 Å². The zero-order valence-electron chi connectivity index (χ0n) is 1.82. The van der Waals surface area contributed by atoms with Crippen molar-refractivity contribution in [1.29, 1.82) is 0 Å². The van der Waals surface area contributed by atoms with Crippen LogP contribution in [0.15, 0.2) is 0 Å². The van der Waals surface area contributed by atoms with E-state index in [4.69, 9.17) is 0 Å². The van der Waals surface area contributed by atoms with E-state index in [1.807, 2.05) is 0 Å². The molecule has 0 aliphatic carbocycles. The molecule has 0 rings (SSSR count). The number of rotatable bonds is 1. The Morgan fingerprint density at radius 3 is 1.00 bits per heavy atom. The summed E-state index contributed by atoms with van der Waals surface area (Å²) in [6.07, 6.45) is 0. The van der Waals surface area contributed by atoms with Crippen molar-refractivity contribution in [3.05, 3.63) is 0 Å². The van der Waals surface area contributed by atoms with Gasteiger partial charge in [-0.2, -0.15) is 0 Å². The molecule has 24 valence electrons. The van der Waals surface area contributed by atoms with Gasteiger partial charge < -0.3 is 0 Å². The van der Waals surface area contributed by atoms with Gasteiger partial charge in [-0.25, -0.2) is 0 Å². The normalized spacial score (nSPS) is 4.33. The minimum atomic E-state index is 0. The fourth-order valence-electron chi connectivity index (χ4n) is 0. The Labute approximate surface area is 111 Å². The van der Waals surface area contributed by atoms with Crippen molar-refractivity contribution < 1.29 is 38.3 Å². The summed E-state index contributed by atoms with van der Waals surface area (Å²) < 4.78 is 0. The zero-order chi connectivity index (χ0) is 3.41. The van der Waals surface area contributed by atoms with Crippen molar-refractivity contribution in [3.8, 4) is 0 Å². The monoisotopic (exact) mass is 208 g/mol. The molecule has 0 saturated carbocycles. The average molecular weight is 208 g/mol. The van der Waals surface area contributed by atoms with Gasteiger partial charge in [-0.15, -0.1) is 0 Å². The van der Waals surface area contributed by atoms with Gasteiger partial charge >= 0.3 is 114 Å². The summed E-state index contributed by atoms with van der Waals surface area (Å²) >= 11 is 4.12. The van der Waals surface area contributed by atoms with Crippen LogP contribution in [0.1, 0.15) is 0 Å². The second-order valence-electron chi connectivity index (χ2n) is 0.167. The van der Waals surface area contributed by atoms with Crippen molar-refractivity contribution in [1.82, 2.24) is 0 Å². The molecule has 0 aliphatic heterocycles. The molecule has 0 N–H and O–H groups in total. The van der Waals surface area contributed by atoms with E-state index in [2.05, 4.69) is 38.3 Å². The summed E-state index contributed by atoms with van der Waals surface area (Å²) in [5, 5.41) is 0. The molecule has 0 aromatic carbocycles. The Balaban J connectivity index is -0.0000000450. The van der Waals surface area contributed by atoms with E-state index in [1.54, 1.807) is 16.8 Å². The van der Waals surface area contributed by atoms with E-state index in [-0.39, 0.29) is 59.1 Å². The first-order chi connectivity index (χ1) is 1.91. The Hall–Kier alpha value is 4.13. The maximum atomic E-state index is 2.06. The van der Waals surface area contributed by atoms with Crippen LogP contribution in [-0.2, 0) is 38.3 Å². The summed E-state index contributed by atoms with van der Waals surface area (Å²) in [6.45, 7) is 0. The predicted octanol–water partition coefficient (Wildman–Crippen LogP) is -0.00560. The molecular weight excluding hydrogens is 206 g/mol. The quantitative estimate of drug-likeness (QED) is 0.439. The second kappa shape index (κ2) is 16.1.